The van der Waals surface area contributed by atoms with Crippen LogP contribution in [-0.4, -0.2) is 28.3 Å². The number of amides is 1. The number of thioether (sulfide) groups is 1. The molecule has 110 valence electrons. The predicted octanol–water partition coefficient (Wildman–Crippen LogP) is 2.97. The Morgan fingerprint density at radius 1 is 1.43 bits per heavy atom. The molecule has 0 N–H and O–H groups in total. The standard InChI is InChI=1S/C16H18N2O2S/c1-10-13(11(2)20-17-10)9-18(3)16(19)15-8-12-6-4-5-7-14(12)21-15/h4-7,15H,8-9H2,1-3H3. The number of aryl methyl sites for hydroxylation is 2. The SMILES string of the molecule is Cc1noc(C)c1CN(C)C(=O)C1Cc2ccccc2S1. The van der Waals surface area contributed by atoms with E-state index >= 15 is 0 Å². The zero-order valence-corrected chi connectivity index (χ0v) is 13.2. The molecular weight excluding hydrogens is 284 g/mol. The second kappa shape index (κ2) is 5.56. The van der Waals surface area contributed by atoms with E-state index < -0.39 is 0 Å². The van der Waals surface area contributed by atoms with Gasteiger partial charge in [-0.15, -0.1) is 11.8 Å². The van der Waals surface area contributed by atoms with E-state index in [-0.39, 0.29) is 11.2 Å². The number of carbonyl (C=O) groups excluding carboxylic acids is 1. The Hall–Kier alpha value is -1.75. The van der Waals surface area contributed by atoms with Crippen molar-refractivity contribution in [3.63, 3.8) is 0 Å². The fourth-order valence-corrected chi connectivity index (χ4v) is 3.92. The van der Waals surface area contributed by atoms with Gasteiger partial charge in [0.25, 0.3) is 0 Å². The molecule has 0 bridgehead atoms. The van der Waals surface area contributed by atoms with Crippen LogP contribution in [0.4, 0.5) is 0 Å². The molecule has 0 aliphatic carbocycles. The van der Waals surface area contributed by atoms with Gasteiger partial charge in [0, 0.05) is 17.5 Å². The van der Waals surface area contributed by atoms with Gasteiger partial charge in [0.15, 0.2) is 0 Å². The third kappa shape index (κ3) is 2.70. The smallest absolute Gasteiger partial charge is 0.236 e. The summed E-state index contributed by atoms with van der Waals surface area (Å²) in [7, 11) is 1.84. The van der Waals surface area contributed by atoms with Gasteiger partial charge >= 0.3 is 0 Å². The molecule has 1 amide bonds. The van der Waals surface area contributed by atoms with Gasteiger partial charge in [0.05, 0.1) is 17.5 Å². The summed E-state index contributed by atoms with van der Waals surface area (Å²) in [4.78, 5) is 15.6. The molecule has 1 aliphatic rings. The number of carbonyl (C=O) groups is 1. The van der Waals surface area contributed by atoms with E-state index in [0.29, 0.717) is 6.54 Å². The summed E-state index contributed by atoms with van der Waals surface area (Å²) >= 11 is 1.66. The molecule has 1 aromatic carbocycles. The van der Waals surface area contributed by atoms with Crippen molar-refractivity contribution in [3.05, 3.63) is 46.8 Å². The number of hydrogen-bond acceptors (Lipinski definition) is 4. The Kier molecular flexibility index (Phi) is 3.76. The molecule has 1 aromatic heterocycles. The van der Waals surface area contributed by atoms with Crippen LogP contribution in [-0.2, 0) is 17.8 Å². The summed E-state index contributed by atoms with van der Waals surface area (Å²) < 4.78 is 5.16. The number of rotatable bonds is 3. The van der Waals surface area contributed by atoms with E-state index in [1.54, 1.807) is 16.7 Å². The Labute approximate surface area is 128 Å². The maximum Gasteiger partial charge on any atom is 0.236 e. The van der Waals surface area contributed by atoms with Crippen molar-refractivity contribution in [3.8, 4) is 0 Å². The van der Waals surface area contributed by atoms with Gasteiger partial charge in [-0.1, -0.05) is 23.4 Å². The lowest BCUT2D eigenvalue weighted by atomic mass is 10.1. The van der Waals surface area contributed by atoms with Gasteiger partial charge in [0.2, 0.25) is 5.91 Å². The van der Waals surface area contributed by atoms with E-state index in [0.717, 1.165) is 23.4 Å². The van der Waals surface area contributed by atoms with E-state index in [1.165, 1.54) is 10.5 Å². The van der Waals surface area contributed by atoms with Crippen molar-refractivity contribution in [2.75, 3.05) is 7.05 Å². The molecule has 1 atom stereocenters. The van der Waals surface area contributed by atoms with E-state index in [2.05, 4.69) is 17.3 Å². The van der Waals surface area contributed by atoms with E-state index in [4.69, 9.17) is 4.52 Å². The summed E-state index contributed by atoms with van der Waals surface area (Å²) in [5.74, 6) is 0.950. The number of aromatic nitrogens is 1. The van der Waals surface area contributed by atoms with Crippen molar-refractivity contribution in [2.24, 2.45) is 0 Å². The second-order valence-electron chi connectivity index (χ2n) is 5.42. The molecule has 0 radical (unpaired) electrons. The van der Waals surface area contributed by atoms with Crippen LogP contribution < -0.4 is 0 Å². The highest BCUT2D eigenvalue weighted by Gasteiger charge is 2.30. The minimum absolute atomic E-state index is 0.0205. The molecule has 4 nitrogen and oxygen atoms in total. The monoisotopic (exact) mass is 302 g/mol. The van der Waals surface area contributed by atoms with Crippen LogP contribution in [0.1, 0.15) is 22.6 Å². The first-order valence-electron chi connectivity index (χ1n) is 6.97. The third-order valence-electron chi connectivity index (χ3n) is 3.88. The van der Waals surface area contributed by atoms with Crippen LogP contribution in [0.3, 0.4) is 0 Å². The lowest BCUT2D eigenvalue weighted by Crippen LogP contribution is -2.34. The lowest BCUT2D eigenvalue weighted by Gasteiger charge is -2.20. The van der Waals surface area contributed by atoms with Crippen LogP contribution >= 0.6 is 11.8 Å². The van der Waals surface area contributed by atoms with Gasteiger partial charge < -0.3 is 9.42 Å². The Balaban J connectivity index is 1.69. The minimum atomic E-state index is -0.0205. The lowest BCUT2D eigenvalue weighted by molar-refractivity contribution is -0.129. The first-order valence-corrected chi connectivity index (χ1v) is 7.85. The summed E-state index contributed by atoms with van der Waals surface area (Å²) in [6.45, 7) is 4.34. The van der Waals surface area contributed by atoms with Gasteiger partial charge in [-0.2, -0.15) is 0 Å². The van der Waals surface area contributed by atoms with Crippen molar-refractivity contribution < 1.29 is 9.32 Å². The largest absolute Gasteiger partial charge is 0.361 e. The van der Waals surface area contributed by atoms with Gasteiger partial charge in [-0.25, -0.2) is 0 Å². The maximum absolute atomic E-state index is 12.6. The van der Waals surface area contributed by atoms with Gasteiger partial charge in [-0.3, -0.25) is 4.79 Å². The van der Waals surface area contributed by atoms with Crippen LogP contribution in [0.5, 0.6) is 0 Å². The fraction of sp³-hybridized carbons (Fsp3) is 0.375. The Bertz CT molecular complexity index is 636. The average molecular weight is 302 g/mol. The topological polar surface area (TPSA) is 46.3 Å². The second-order valence-corrected chi connectivity index (χ2v) is 6.66. The fourth-order valence-electron chi connectivity index (χ4n) is 2.61. The molecule has 1 unspecified atom stereocenters. The Morgan fingerprint density at radius 3 is 2.86 bits per heavy atom. The summed E-state index contributed by atoms with van der Waals surface area (Å²) in [6, 6.07) is 8.23. The molecule has 0 saturated carbocycles. The molecule has 5 heteroatoms. The maximum atomic E-state index is 12.6. The van der Waals surface area contributed by atoms with Crippen LogP contribution in [0.15, 0.2) is 33.7 Å². The van der Waals surface area contributed by atoms with Crippen molar-refractivity contribution >= 4 is 17.7 Å². The van der Waals surface area contributed by atoms with E-state index in [9.17, 15) is 4.79 Å². The van der Waals surface area contributed by atoms with Crippen molar-refractivity contribution in [2.45, 2.75) is 37.0 Å². The molecule has 0 fully saturated rings. The van der Waals surface area contributed by atoms with E-state index in [1.807, 2.05) is 33.0 Å². The highest BCUT2D eigenvalue weighted by atomic mass is 32.2. The van der Waals surface area contributed by atoms with Crippen LogP contribution in [0.25, 0.3) is 0 Å². The van der Waals surface area contributed by atoms with Gasteiger partial charge in [0.1, 0.15) is 5.76 Å². The number of nitrogens with zero attached hydrogens (tertiary/aromatic N) is 2. The number of fused-ring (bicyclic) bond motifs is 1. The third-order valence-corrected chi connectivity index (χ3v) is 5.18. The molecule has 1 aliphatic heterocycles. The van der Waals surface area contributed by atoms with Crippen molar-refractivity contribution in [1.82, 2.24) is 10.1 Å². The molecular formula is C16H18N2O2S. The molecule has 3 rings (SSSR count). The molecule has 2 aromatic rings. The number of hydrogen-bond donors (Lipinski definition) is 0. The first kappa shape index (κ1) is 14.2. The summed E-state index contributed by atoms with van der Waals surface area (Å²) in [5, 5.41) is 3.92. The van der Waals surface area contributed by atoms with Crippen LogP contribution in [0, 0.1) is 13.8 Å². The molecule has 0 spiro atoms. The number of benzene rings is 1. The molecule has 0 saturated heterocycles. The van der Waals surface area contributed by atoms with Crippen molar-refractivity contribution in [1.29, 1.82) is 0 Å². The molecule has 2 heterocycles. The van der Waals surface area contributed by atoms with Gasteiger partial charge in [-0.05, 0) is 31.9 Å². The average Bonchev–Trinajstić information content (AvgIpc) is 3.04. The highest BCUT2D eigenvalue weighted by molar-refractivity contribution is 8.01. The first-order chi connectivity index (χ1) is 10.1. The zero-order valence-electron chi connectivity index (χ0n) is 12.4. The minimum Gasteiger partial charge on any atom is -0.361 e. The summed E-state index contributed by atoms with van der Waals surface area (Å²) in [6.07, 6.45) is 0.811. The zero-order chi connectivity index (χ0) is 15.0. The summed E-state index contributed by atoms with van der Waals surface area (Å²) in [5.41, 5.74) is 3.13. The highest BCUT2D eigenvalue weighted by Crippen LogP contribution is 2.37. The normalized spacial score (nSPS) is 16.8. The van der Waals surface area contributed by atoms with Crippen LogP contribution in [0.2, 0.25) is 0 Å². The molecule has 21 heavy (non-hydrogen) atoms. The Morgan fingerprint density at radius 2 is 2.19 bits per heavy atom. The quantitative estimate of drug-likeness (QED) is 0.874. The predicted molar refractivity (Wildman–Crippen MR) is 82.2 cm³/mol.